The minimum absolute atomic E-state index is 0.0467. The minimum Gasteiger partial charge on any atom is -0.494 e. The molecule has 0 spiro atoms. The van der Waals surface area contributed by atoms with Crippen molar-refractivity contribution in [2.75, 3.05) is 12.5 Å². The van der Waals surface area contributed by atoms with Gasteiger partial charge in [0.1, 0.15) is 5.76 Å². The van der Waals surface area contributed by atoms with Gasteiger partial charge in [0.15, 0.2) is 0 Å². The molecule has 0 atom stereocenters. The summed E-state index contributed by atoms with van der Waals surface area (Å²) in [7, 11) is 0. The Morgan fingerprint density at radius 2 is 2.40 bits per heavy atom. The third-order valence-corrected chi connectivity index (χ3v) is 2.12. The smallest absolute Gasteiger partial charge is 0.217 e. The fourth-order valence-corrected chi connectivity index (χ4v) is 1.31. The normalized spacial score (nSPS) is 16.0. The molecule has 0 heterocycles. The van der Waals surface area contributed by atoms with E-state index in [4.69, 9.17) is 16.3 Å². The van der Waals surface area contributed by atoms with Crippen molar-refractivity contribution in [1.29, 1.82) is 0 Å². The standard InChI is InChI=1S/C11H15ClNO2/c1-9(14)13-10-3-5-11(6-4-10)15-8-2-7-12/h3,5-6H,2,4,7-8H2,1H3,(H,13,14). The highest BCUT2D eigenvalue weighted by Gasteiger charge is 2.10. The number of nitrogens with one attached hydrogen (secondary N) is 1. The van der Waals surface area contributed by atoms with Gasteiger partial charge in [0.05, 0.1) is 12.6 Å². The fourth-order valence-electron chi connectivity index (χ4n) is 1.20. The van der Waals surface area contributed by atoms with Crippen molar-refractivity contribution in [1.82, 2.24) is 5.32 Å². The van der Waals surface area contributed by atoms with Crippen molar-refractivity contribution in [3.8, 4) is 0 Å². The number of carbonyl (C=O) groups is 1. The molecule has 0 aromatic carbocycles. The first-order chi connectivity index (χ1) is 7.22. The van der Waals surface area contributed by atoms with Crippen LogP contribution < -0.4 is 5.32 Å². The Hall–Kier alpha value is -0.960. The van der Waals surface area contributed by atoms with Crippen LogP contribution in [0.25, 0.3) is 0 Å². The third kappa shape index (κ3) is 4.88. The SMILES string of the molecule is CC(=O)N[C]1C=CC(OCCCCl)=CC1. The molecule has 0 saturated carbocycles. The Morgan fingerprint density at radius 1 is 1.60 bits per heavy atom. The summed E-state index contributed by atoms with van der Waals surface area (Å²) in [5.74, 6) is 1.41. The quantitative estimate of drug-likeness (QED) is 0.579. The highest BCUT2D eigenvalue weighted by Crippen LogP contribution is 2.16. The molecule has 0 bridgehead atoms. The number of carbonyl (C=O) groups excluding carboxylic acids is 1. The number of amides is 1. The number of alkyl halides is 1. The summed E-state index contributed by atoms with van der Waals surface area (Å²) >= 11 is 5.53. The van der Waals surface area contributed by atoms with Crippen molar-refractivity contribution < 1.29 is 9.53 Å². The zero-order valence-electron chi connectivity index (χ0n) is 8.75. The van der Waals surface area contributed by atoms with Crippen molar-refractivity contribution in [2.45, 2.75) is 19.8 Å². The van der Waals surface area contributed by atoms with E-state index in [0.717, 1.165) is 18.2 Å². The van der Waals surface area contributed by atoms with Crippen LogP contribution in [-0.4, -0.2) is 18.4 Å². The number of ether oxygens (including phenoxy) is 1. The van der Waals surface area contributed by atoms with Gasteiger partial charge in [-0.3, -0.25) is 4.79 Å². The summed E-state index contributed by atoms with van der Waals surface area (Å²) in [5.41, 5.74) is 0. The first-order valence-electron chi connectivity index (χ1n) is 4.93. The van der Waals surface area contributed by atoms with E-state index in [1.54, 1.807) is 0 Å². The molecule has 0 fully saturated rings. The molecule has 4 heteroatoms. The largest absolute Gasteiger partial charge is 0.494 e. The van der Waals surface area contributed by atoms with E-state index in [1.165, 1.54) is 6.92 Å². The molecule has 1 amide bonds. The number of allylic oxidation sites excluding steroid dienone is 1. The Bertz CT molecular complexity index is 274. The van der Waals surface area contributed by atoms with Crippen LogP contribution in [0.1, 0.15) is 19.8 Å². The van der Waals surface area contributed by atoms with Gasteiger partial charge in [0.2, 0.25) is 5.91 Å². The lowest BCUT2D eigenvalue weighted by molar-refractivity contribution is -0.118. The van der Waals surface area contributed by atoms with Gasteiger partial charge >= 0.3 is 0 Å². The molecule has 15 heavy (non-hydrogen) atoms. The predicted octanol–water partition coefficient (Wildman–Crippen LogP) is 2.14. The predicted molar refractivity (Wildman–Crippen MR) is 60.2 cm³/mol. The lowest BCUT2D eigenvalue weighted by Gasteiger charge is -2.16. The average Bonchev–Trinajstić information content (AvgIpc) is 2.20. The fraction of sp³-hybridized carbons (Fsp3) is 0.455. The summed E-state index contributed by atoms with van der Waals surface area (Å²) < 4.78 is 5.44. The first kappa shape index (κ1) is 12.1. The first-order valence-corrected chi connectivity index (χ1v) is 5.46. The Labute approximate surface area is 95.1 Å². The average molecular weight is 229 g/mol. The topological polar surface area (TPSA) is 38.3 Å². The molecule has 3 nitrogen and oxygen atoms in total. The van der Waals surface area contributed by atoms with E-state index >= 15 is 0 Å². The molecule has 0 aromatic heterocycles. The van der Waals surface area contributed by atoms with Crippen LogP contribution in [0, 0.1) is 6.04 Å². The summed E-state index contributed by atoms with van der Waals surface area (Å²) in [6.45, 7) is 2.13. The van der Waals surface area contributed by atoms with E-state index in [9.17, 15) is 4.79 Å². The van der Waals surface area contributed by atoms with Crippen LogP contribution in [0.5, 0.6) is 0 Å². The van der Waals surface area contributed by atoms with Gasteiger partial charge in [0.25, 0.3) is 0 Å². The molecule has 0 aromatic rings. The molecule has 1 rings (SSSR count). The summed E-state index contributed by atoms with van der Waals surface area (Å²) in [6, 6.07) is 0.896. The van der Waals surface area contributed by atoms with E-state index in [0.29, 0.717) is 18.9 Å². The maximum atomic E-state index is 10.8. The molecule has 0 saturated heterocycles. The van der Waals surface area contributed by atoms with E-state index in [2.05, 4.69) is 5.32 Å². The second-order valence-corrected chi connectivity index (χ2v) is 3.62. The van der Waals surface area contributed by atoms with Crippen LogP contribution in [0.4, 0.5) is 0 Å². The van der Waals surface area contributed by atoms with Gasteiger partial charge in [-0.2, -0.15) is 0 Å². The molecular formula is C11H15ClNO2. The molecule has 1 aliphatic rings. The van der Waals surface area contributed by atoms with Crippen LogP contribution >= 0.6 is 11.6 Å². The molecule has 1 aliphatic carbocycles. The van der Waals surface area contributed by atoms with Gasteiger partial charge in [-0.05, 0) is 25.0 Å². The highest BCUT2D eigenvalue weighted by molar-refractivity contribution is 6.17. The van der Waals surface area contributed by atoms with Crippen molar-refractivity contribution in [3.05, 3.63) is 30.0 Å². The highest BCUT2D eigenvalue weighted by atomic mass is 35.5. The summed E-state index contributed by atoms with van der Waals surface area (Å²) in [6.07, 6.45) is 7.20. The maximum absolute atomic E-state index is 10.8. The second-order valence-electron chi connectivity index (χ2n) is 3.24. The molecule has 1 radical (unpaired) electrons. The van der Waals surface area contributed by atoms with Crippen LogP contribution in [-0.2, 0) is 9.53 Å². The maximum Gasteiger partial charge on any atom is 0.217 e. The lowest BCUT2D eigenvalue weighted by Crippen LogP contribution is -2.25. The zero-order valence-corrected chi connectivity index (χ0v) is 9.51. The Kier molecular flexibility index (Phi) is 5.26. The van der Waals surface area contributed by atoms with Crippen LogP contribution in [0.15, 0.2) is 24.0 Å². The molecular weight excluding hydrogens is 214 g/mol. The van der Waals surface area contributed by atoms with E-state index in [1.807, 2.05) is 18.2 Å². The van der Waals surface area contributed by atoms with Crippen LogP contribution in [0.2, 0.25) is 0 Å². The zero-order chi connectivity index (χ0) is 11.1. The minimum atomic E-state index is -0.0467. The van der Waals surface area contributed by atoms with Gasteiger partial charge in [-0.1, -0.05) is 6.08 Å². The van der Waals surface area contributed by atoms with E-state index < -0.39 is 0 Å². The molecule has 0 aliphatic heterocycles. The number of hydrogen-bond donors (Lipinski definition) is 1. The molecule has 0 unspecified atom stereocenters. The monoisotopic (exact) mass is 228 g/mol. The molecule has 1 N–H and O–H groups in total. The van der Waals surface area contributed by atoms with Crippen molar-refractivity contribution in [2.24, 2.45) is 0 Å². The Balaban J connectivity index is 2.27. The van der Waals surface area contributed by atoms with E-state index in [-0.39, 0.29) is 5.91 Å². The van der Waals surface area contributed by atoms with Gasteiger partial charge in [0, 0.05) is 12.8 Å². The van der Waals surface area contributed by atoms with Crippen LogP contribution in [0.3, 0.4) is 0 Å². The second kappa shape index (κ2) is 6.51. The third-order valence-electron chi connectivity index (χ3n) is 1.86. The lowest BCUT2D eigenvalue weighted by atomic mass is 10.1. The number of rotatable bonds is 5. The summed E-state index contributed by atoms with van der Waals surface area (Å²) in [4.78, 5) is 10.8. The van der Waals surface area contributed by atoms with Gasteiger partial charge in [-0.25, -0.2) is 0 Å². The Morgan fingerprint density at radius 3 is 2.93 bits per heavy atom. The summed E-state index contributed by atoms with van der Waals surface area (Å²) in [5, 5.41) is 2.74. The van der Waals surface area contributed by atoms with Crippen molar-refractivity contribution in [3.63, 3.8) is 0 Å². The number of halogens is 1. The number of hydrogen-bond acceptors (Lipinski definition) is 2. The molecule has 83 valence electrons. The van der Waals surface area contributed by atoms with Gasteiger partial charge < -0.3 is 10.1 Å². The van der Waals surface area contributed by atoms with Crippen molar-refractivity contribution >= 4 is 17.5 Å². The van der Waals surface area contributed by atoms with Gasteiger partial charge in [-0.15, -0.1) is 11.6 Å².